The number of carbonyl (C=O) groups is 2. The highest BCUT2D eigenvalue weighted by molar-refractivity contribution is 7.10. The highest BCUT2D eigenvalue weighted by Gasteiger charge is 2.20. The minimum absolute atomic E-state index is 0.0679. The molecule has 0 radical (unpaired) electrons. The first-order valence-electron chi connectivity index (χ1n) is 5.53. The van der Waals surface area contributed by atoms with Gasteiger partial charge in [-0.3, -0.25) is 9.59 Å². The predicted molar refractivity (Wildman–Crippen MR) is 67.5 cm³/mol. The van der Waals surface area contributed by atoms with Crippen molar-refractivity contribution >= 4 is 29.2 Å². The number of thiophene rings is 1. The maximum Gasteiger partial charge on any atom is 0.244 e. The summed E-state index contributed by atoms with van der Waals surface area (Å²) in [6.07, 6.45) is 4.66. The van der Waals surface area contributed by atoms with Gasteiger partial charge in [0.25, 0.3) is 0 Å². The summed E-state index contributed by atoms with van der Waals surface area (Å²) in [5.41, 5.74) is 0. The summed E-state index contributed by atoms with van der Waals surface area (Å²) in [7, 11) is 0. The van der Waals surface area contributed by atoms with Gasteiger partial charge in [-0.1, -0.05) is 6.07 Å². The summed E-state index contributed by atoms with van der Waals surface area (Å²) >= 11 is 1.58. The Morgan fingerprint density at radius 2 is 2.53 bits per heavy atom. The van der Waals surface area contributed by atoms with Gasteiger partial charge in [0.15, 0.2) is 0 Å². The van der Waals surface area contributed by atoms with E-state index in [-0.39, 0.29) is 17.9 Å². The smallest absolute Gasteiger partial charge is 0.244 e. The fourth-order valence-electron chi connectivity index (χ4n) is 1.66. The van der Waals surface area contributed by atoms with E-state index in [1.165, 1.54) is 6.08 Å². The van der Waals surface area contributed by atoms with Crippen LogP contribution in [0.25, 0.3) is 6.08 Å². The van der Waals surface area contributed by atoms with Crippen molar-refractivity contribution in [2.75, 3.05) is 6.54 Å². The van der Waals surface area contributed by atoms with Crippen LogP contribution in [0, 0.1) is 0 Å². The van der Waals surface area contributed by atoms with E-state index >= 15 is 0 Å². The standard InChI is InChI=1S/C12H14N2O2S/c15-11(6-4-10-2-1-7-17-10)13-8-9-3-5-12(16)14-9/h1-2,4,6-7,9H,3,5,8H2,(H,13,15)(H,14,16)/b6-4+. The largest absolute Gasteiger partial charge is 0.352 e. The van der Waals surface area contributed by atoms with Gasteiger partial charge in [0.2, 0.25) is 11.8 Å². The van der Waals surface area contributed by atoms with E-state index in [0.29, 0.717) is 13.0 Å². The molecule has 17 heavy (non-hydrogen) atoms. The zero-order chi connectivity index (χ0) is 12.1. The van der Waals surface area contributed by atoms with Crippen LogP contribution < -0.4 is 10.6 Å². The molecular formula is C12H14N2O2S. The summed E-state index contributed by atoms with van der Waals surface area (Å²) in [6, 6.07) is 3.98. The van der Waals surface area contributed by atoms with Gasteiger partial charge in [-0.2, -0.15) is 0 Å². The van der Waals surface area contributed by atoms with Gasteiger partial charge < -0.3 is 10.6 Å². The molecule has 1 aliphatic heterocycles. The van der Waals surface area contributed by atoms with Crippen LogP contribution in [0.4, 0.5) is 0 Å². The topological polar surface area (TPSA) is 58.2 Å². The van der Waals surface area contributed by atoms with E-state index in [2.05, 4.69) is 10.6 Å². The molecule has 1 aromatic rings. The fourth-order valence-corrected chi connectivity index (χ4v) is 2.28. The predicted octanol–water partition coefficient (Wildman–Crippen LogP) is 1.16. The lowest BCUT2D eigenvalue weighted by Gasteiger charge is -2.09. The summed E-state index contributed by atoms with van der Waals surface area (Å²) in [6.45, 7) is 0.499. The molecule has 0 bridgehead atoms. The van der Waals surface area contributed by atoms with Crippen molar-refractivity contribution in [2.24, 2.45) is 0 Å². The van der Waals surface area contributed by atoms with Gasteiger partial charge in [-0.25, -0.2) is 0 Å². The van der Waals surface area contributed by atoms with E-state index in [0.717, 1.165) is 11.3 Å². The number of nitrogens with one attached hydrogen (secondary N) is 2. The molecule has 1 fully saturated rings. The average Bonchev–Trinajstić information content (AvgIpc) is 2.95. The molecule has 5 heteroatoms. The average molecular weight is 250 g/mol. The summed E-state index contributed by atoms with van der Waals surface area (Å²) < 4.78 is 0. The summed E-state index contributed by atoms with van der Waals surface area (Å²) in [5.74, 6) is -0.0575. The van der Waals surface area contributed by atoms with Crippen LogP contribution in [0.2, 0.25) is 0 Å². The van der Waals surface area contributed by atoms with Crippen molar-refractivity contribution in [3.05, 3.63) is 28.5 Å². The number of rotatable bonds is 4. The summed E-state index contributed by atoms with van der Waals surface area (Å²) in [4.78, 5) is 23.5. The van der Waals surface area contributed by atoms with Crippen molar-refractivity contribution in [3.8, 4) is 0 Å². The Labute approximate surface area is 104 Å². The van der Waals surface area contributed by atoms with Crippen molar-refractivity contribution in [1.82, 2.24) is 10.6 Å². The Balaban J connectivity index is 1.72. The third kappa shape index (κ3) is 3.71. The third-order valence-corrected chi connectivity index (χ3v) is 3.39. The van der Waals surface area contributed by atoms with Gasteiger partial charge >= 0.3 is 0 Å². The molecule has 2 N–H and O–H groups in total. The van der Waals surface area contributed by atoms with Crippen LogP contribution >= 0.6 is 11.3 Å². The first-order chi connectivity index (χ1) is 8.24. The first kappa shape index (κ1) is 11.9. The molecule has 1 atom stereocenters. The molecule has 4 nitrogen and oxygen atoms in total. The zero-order valence-corrected chi connectivity index (χ0v) is 10.1. The fraction of sp³-hybridized carbons (Fsp3) is 0.333. The molecule has 2 amide bonds. The van der Waals surface area contributed by atoms with E-state index in [4.69, 9.17) is 0 Å². The van der Waals surface area contributed by atoms with Crippen molar-refractivity contribution in [3.63, 3.8) is 0 Å². The number of carbonyl (C=O) groups excluding carboxylic acids is 2. The van der Waals surface area contributed by atoms with Crippen LogP contribution in [0.3, 0.4) is 0 Å². The van der Waals surface area contributed by atoms with Crippen LogP contribution in [-0.2, 0) is 9.59 Å². The zero-order valence-electron chi connectivity index (χ0n) is 9.31. The highest BCUT2D eigenvalue weighted by Crippen LogP contribution is 2.10. The van der Waals surface area contributed by atoms with E-state index < -0.39 is 0 Å². The molecule has 0 aromatic carbocycles. The van der Waals surface area contributed by atoms with E-state index in [1.807, 2.05) is 17.5 Å². The Morgan fingerprint density at radius 3 is 3.18 bits per heavy atom. The molecule has 2 heterocycles. The van der Waals surface area contributed by atoms with Crippen LogP contribution in [-0.4, -0.2) is 24.4 Å². The molecule has 1 unspecified atom stereocenters. The van der Waals surface area contributed by atoms with Gasteiger partial charge in [-0.05, 0) is 23.9 Å². The summed E-state index contributed by atoms with van der Waals surface area (Å²) in [5, 5.41) is 7.54. The molecule has 2 rings (SSSR count). The molecular weight excluding hydrogens is 236 g/mol. The lowest BCUT2D eigenvalue weighted by Crippen LogP contribution is -2.37. The van der Waals surface area contributed by atoms with E-state index in [9.17, 15) is 9.59 Å². The molecule has 90 valence electrons. The third-order valence-electron chi connectivity index (χ3n) is 2.55. The molecule has 1 saturated heterocycles. The normalized spacial score (nSPS) is 19.5. The van der Waals surface area contributed by atoms with Gasteiger partial charge in [0.1, 0.15) is 0 Å². The van der Waals surface area contributed by atoms with Gasteiger partial charge in [-0.15, -0.1) is 11.3 Å². The first-order valence-corrected chi connectivity index (χ1v) is 6.41. The Kier molecular flexibility index (Phi) is 3.93. The van der Waals surface area contributed by atoms with Crippen molar-refractivity contribution in [2.45, 2.75) is 18.9 Å². The SMILES string of the molecule is O=C(/C=C/c1cccs1)NCC1CCC(=O)N1. The van der Waals surface area contributed by atoms with Crippen molar-refractivity contribution in [1.29, 1.82) is 0 Å². The van der Waals surface area contributed by atoms with Crippen molar-refractivity contribution < 1.29 is 9.59 Å². The monoisotopic (exact) mass is 250 g/mol. The Bertz CT molecular complexity index is 426. The number of amides is 2. The minimum atomic E-state index is -0.125. The Hall–Kier alpha value is -1.62. The van der Waals surface area contributed by atoms with E-state index in [1.54, 1.807) is 17.4 Å². The lowest BCUT2D eigenvalue weighted by atomic mass is 10.2. The molecule has 1 aromatic heterocycles. The van der Waals surface area contributed by atoms with Gasteiger partial charge in [0, 0.05) is 30.0 Å². The number of hydrogen-bond acceptors (Lipinski definition) is 3. The highest BCUT2D eigenvalue weighted by atomic mass is 32.1. The molecule has 0 saturated carbocycles. The van der Waals surface area contributed by atoms with Gasteiger partial charge in [0.05, 0.1) is 0 Å². The van der Waals surface area contributed by atoms with Crippen LogP contribution in [0.15, 0.2) is 23.6 Å². The lowest BCUT2D eigenvalue weighted by molar-refractivity contribution is -0.120. The van der Waals surface area contributed by atoms with Crippen LogP contribution in [0.1, 0.15) is 17.7 Å². The second kappa shape index (κ2) is 5.63. The molecule has 1 aliphatic rings. The Morgan fingerprint density at radius 1 is 1.65 bits per heavy atom. The molecule has 0 aliphatic carbocycles. The minimum Gasteiger partial charge on any atom is -0.352 e. The number of hydrogen-bond donors (Lipinski definition) is 2. The molecule has 0 spiro atoms. The quantitative estimate of drug-likeness (QED) is 0.788. The second-order valence-corrected chi connectivity index (χ2v) is 4.88. The van der Waals surface area contributed by atoms with Crippen LogP contribution in [0.5, 0.6) is 0 Å². The second-order valence-electron chi connectivity index (χ2n) is 3.90. The maximum absolute atomic E-state index is 11.5. The maximum atomic E-state index is 11.5.